The van der Waals surface area contributed by atoms with Crippen molar-refractivity contribution in [1.82, 2.24) is 0 Å². The molecule has 2 aromatic rings. The number of ether oxygens (including phenoxy) is 3. The lowest BCUT2D eigenvalue weighted by Gasteiger charge is -2.23. The first-order valence-corrected chi connectivity index (χ1v) is 11.3. The van der Waals surface area contributed by atoms with Crippen LogP contribution in [0.4, 0.5) is 11.4 Å². The summed E-state index contributed by atoms with van der Waals surface area (Å²) < 4.78 is 41.2. The van der Waals surface area contributed by atoms with Crippen molar-refractivity contribution < 1.29 is 27.4 Å². The molecule has 1 N–H and O–H groups in total. The third kappa shape index (κ3) is 6.17. The molecule has 0 radical (unpaired) electrons. The molecular weight excluding hydrogens is 432 g/mol. The summed E-state index contributed by atoms with van der Waals surface area (Å²) in [6.07, 6.45) is 1.51. The molecule has 0 atom stereocenters. The fourth-order valence-corrected chi connectivity index (χ4v) is 4.01. The summed E-state index contributed by atoms with van der Waals surface area (Å²) in [6, 6.07) is 9.78. The van der Waals surface area contributed by atoms with Crippen LogP contribution in [-0.4, -0.2) is 48.5 Å². The highest BCUT2D eigenvalue weighted by Crippen LogP contribution is 2.31. The summed E-state index contributed by atoms with van der Waals surface area (Å²) in [5.41, 5.74) is 0.877. The van der Waals surface area contributed by atoms with Crippen LogP contribution in [0.5, 0.6) is 17.2 Å². The minimum atomic E-state index is -3.57. The number of hydrogen-bond donors (Lipinski definition) is 1. The first kappa shape index (κ1) is 23.6. The Morgan fingerprint density at radius 2 is 1.70 bits per heavy atom. The minimum absolute atomic E-state index is 0.107. The number of sulfonamides is 1. The quantitative estimate of drug-likeness (QED) is 0.587. The average molecular weight is 457 g/mol. The molecule has 0 saturated carbocycles. The highest BCUT2D eigenvalue weighted by Gasteiger charge is 2.19. The summed E-state index contributed by atoms with van der Waals surface area (Å²) in [7, 11) is 0.940. The molecule has 30 heavy (non-hydrogen) atoms. The SMILES string of the molecule is COc1ccc(OC)c(NC(=O)CCCN(c2ccc(OC)c(Cl)c2)S(C)(=O)=O)c1. The van der Waals surface area contributed by atoms with Gasteiger partial charge in [-0.1, -0.05) is 11.6 Å². The number of hydrogen-bond acceptors (Lipinski definition) is 6. The van der Waals surface area contributed by atoms with E-state index in [2.05, 4.69) is 5.32 Å². The first-order valence-electron chi connectivity index (χ1n) is 9.02. The number of methoxy groups -OCH3 is 3. The van der Waals surface area contributed by atoms with E-state index in [1.807, 2.05) is 0 Å². The highest BCUT2D eigenvalue weighted by atomic mass is 35.5. The zero-order valence-electron chi connectivity index (χ0n) is 17.3. The van der Waals surface area contributed by atoms with E-state index in [-0.39, 0.29) is 18.9 Å². The maximum absolute atomic E-state index is 12.4. The van der Waals surface area contributed by atoms with Crippen LogP contribution < -0.4 is 23.8 Å². The van der Waals surface area contributed by atoms with Crippen molar-refractivity contribution >= 4 is 38.9 Å². The lowest BCUT2D eigenvalue weighted by atomic mass is 10.2. The number of nitrogens with one attached hydrogen (secondary N) is 1. The van der Waals surface area contributed by atoms with Gasteiger partial charge >= 0.3 is 0 Å². The molecule has 0 aliphatic rings. The number of amides is 1. The van der Waals surface area contributed by atoms with Crippen molar-refractivity contribution in [1.29, 1.82) is 0 Å². The molecule has 0 heterocycles. The fraction of sp³-hybridized carbons (Fsp3) is 0.350. The average Bonchev–Trinajstić information content (AvgIpc) is 2.70. The Labute approximate surface area is 181 Å². The van der Waals surface area contributed by atoms with E-state index in [4.69, 9.17) is 25.8 Å². The summed E-state index contributed by atoms with van der Waals surface area (Å²) in [4.78, 5) is 12.4. The van der Waals surface area contributed by atoms with Gasteiger partial charge in [-0.25, -0.2) is 8.42 Å². The van der Waals surface area contributed by atoms with Crippen LogP contribution in [0, 0.1) is 0 Å². The van der Waals surface area contributed by atoms with Gasteiger partial charge in [-0.2, -0.15) is 0 Å². The van der Waals surface area contributed by atoms with Crippen LogP contribution in [0.1, 0.15) is 12.8 Å². The monoisotopic (exact) mass is 456 g/mol. The van der Waals surface area contributed by atoms with Crippen molar-refractivity contribution in [2.75, 3.05) is 43.8 Å². The van der Waals surface area contributed by atoms with E-state index in [0.717, 1.165) is 6.26 Å². The molecule has 0 fully saturated rings. The summed E-state index contributed by atoms with van der Waals surface area (Å²) in [6.45, 7) is 0.115. The van der Waals surface area contributed by atoms with Crippen molar-refractivity contribution in [3.63, 3.8) is 0 Å². The van der Waals surface area contributed by atoms with Gasteiger partial charge in [0.25, 0.3) is 0 Å². The molecule has 164 valence electrons. The second-order valence-electron chi connectivity index (χ2n) is 6.37. The van der Waals surface area contributed by atoms with E-state index in [0.29, 0.717) is 40.1 Å². The number of carbonyl (C=O) groups is 1. The number of carbonyl (C=O) groups excluding carboxylic acids is 1. The van der Waals surface area contributed by atoms with E-state index < -0.39 is 10.0 Å². The second kappa shape index (κ2) is 10.4. The first-order chi connectivity index (χ1) is 14.2. The number of rotatable bonds is 10. The van der Waals surface area contributed by atoms with Crippen LogP contribution in [-0.2, 0) is 14.8 Å². The minimum Gasteiger partial charge on any atom is -0.497 e. The summed E-state index contributed by atoms with van der Waals surface area (Å²) in [5, 5.41) is 3.06. The van der Waals surface area contributed by atoms with Crippen molar-refractivity contribution in [3.05, 3.63) is 41.4 Å². The smallest absolute Gasteiger partial charge is 0.232 e. The standard InChI is InChI=1S/C20H25ClN2O6S/c1-27-15-8-10-19(29-3)17(13-15)22-20(24)6-5-11-23(30(4,25)26)14-7-9-18(28-2)16(21)12-14/h7-10,12-13H,5-6,11H2,1-4H3,(H,22,24). The molecule has 0 spiro atoms. The largest absolute Gasteiger partial charge is 0.497 e. The Morgan fingerprint density at radius 1 is 1.03 bits per heavy atom. The molecule has 2 aromatic carbocycles. The predicted molar refractivity (Wildman–Crippen MR) is 118 cm³/mol. The lowest BCUT2D eigenvalue weighted by molar-refractivity contribution is -0.116. The Morgan fingerprint density at radius 3 is 2.27 bits per heavy atom. The van der Waals surface area contributed by atoms with Gasteiger partial charge in [0.1, 0.15) is 17.2 Å². The van der Waals surface area contributed by atoms with Crippen LogP contribution in [0.3, 0.4) is 0 Å². The molecule has 0 unspecified atom stereocenters. The third-order valence-electron chi connectivity index (χ3n) is 4.27. The van der Waals surface area contributed by atoms with Crippen molar-refractivity contribution in [3.8, 4) is 17.2 Å². The Balaban J connectivity index is 2.05. The molecule has 0 bridgehead atoms. The number of halogens is 1. The van der Waals surface area contributed by atoms with Gasteiger partial charge in [0.15, 0.2) is 0 Å². The predicted octanol–water partition coefficient (Wildman–Crippen LogP) is 3.55. The molecule has 0 aromatic heterocycles. The summed E-state index contributed by atoms with van der Waals surface area (Å²) in [5.74, 6) is 1.24. The third-order valence-corrected chi connectivity index (χ3v) is 5.76. The van der Waals surface area contributed by atoms with E-state index in [9.17, 15) is 13.2 Å². The van der Waals surface area contributed by atoms with Gasteiger partial charge in [-0.15, -0.1) is 0 Å². The topological polar surface area (TPSA) is 94.2 Å². The zero-order valence-corrected chi connectivity index (χ0v) is 18.8. The number of nitrogens with zero attached hydrogens (tertiary/aromatic N) is 1. The zero-order chi connectivity index (χ0) is 22.3. The van der Waals surface area contributed by atoms with Crippen LogP contribution >= 0.6 is 11.6 Å². The van der Waals surface area contributed by atoms with Gasteiger partial charge in [0, 0.05) is 19.0 Å². The molecule has 0 saturated heterocycles. The lowest BCUT2D eigenvalue weighted by Crippen LogP contribution is -2.31. The highest BCUT2D eigenvalue weighted by molar-refractivity contribution is 7.92. The maximum atomic E-state index is 12.4. The number of benzene rings is 2. The molecule has 0 aliphatic carbocycles. The van der Waals surface area contributed by atoms with E-state index in [1.165, 1.54) is 31.7 Å². The Hall–Kier alpha value is -2.65. The van der Waals surface area contributed by atoms with E-state index in [1.54, 1.807) is 30.3 Å². The van der Waals surface area contributed by atoms with Gasteiger partial charge in [0.05, 0.1) is 44.0 Å². The van der Waals surface area contributed by atoms with Gasteiger partial charge < -0.3 is 19.5 Å². The molecule has 0 aliphatic heterocycles. The van der Waals surface area contributed by atoms with Crippen LogP contribution in [0.2, 0.25) is 5.02 Å². The number of anilines is 2. The Bertz CT molecular complexity index is 997. The second-order valence-corrected chi connectivity index (χ2v) is 8.69. The van der Waals surface area contributed by atoms with Crippen LogP contribution in [0.25, 0.3) is 0 Å². The molecule has 2 rings (SSSR count). The van der Waals surface area contributed by atoms with Gasteiger partial charge in [-0.3, -0.25) is 9.10 Å². The normalized spacial score (nSPS) is 11.0. The van der Waals surface area contributed by atoms with Crippen LogP contribution in [0.15, 0.2) is 36.4 Å². The van der Waals surface area contributed by atoms with Gasteiger partial charge in [0.2, 0.25) is 15.9 Å². The molecular formula is C20H25ClN2O6S. The Kier molecular flexibility index (Phi) is 8.19. The maximum Gasteiger partial charge on any atom is 0.232 e. The summed E-state index contributed by atoms with van der Waals surface area (Å²) >= 11 is 6.12. The fourth-order valence-electron chi connectivity index (χ4n) is 2.80. The molecule has 8 nitrogen and oxygen atoms in total. The van der Waals surface area contributed by atoms with Gasteiger partial charge in [-0.05, 0) is 36.8 Å². The molecule has 1 amide bonds. The van der Waals surface area contributed by atoms with E-state index >= 15 is 0 Å². The molecule has 10 heteroatoms. The van der Waals surface area contributed by atoms with Crippen molar-refractivity contribution in [2.45, 2.75) is 12.8 Å². The van der Waals surface area contributed by atoms with Crippen molar-refractivity contribution in [2.24, 2.45) is 0 Å².